The highest BCUT2D eigenvalue weighted by molar-refractivity contribution is 8.24. The van der Waals surface area contributed by atoms with Gasteiger partial charge in [0.1, 0.15) is 24.4 Å². The minimum atomic E-state index is -0.310. The molecule has 0 bridgehead atoms. The number of rotatable bonds is 10. The molecule has 0 N–H and O–H groups in total. The molecule has 9 heteroatoms. The number of fused-ring (bicyclic) bond motifs is 2. The molecule has 0 aromatic heterocycles. The van der Waals surface area contributed by atoms with Crippen molar-refractivity contribution < 1.29 is 14.0 Å². The van der Waals surface area contributed by atoms with Gasteiger partial charge in [0.2, 0.25) is 11.3 Å². The molecule has 0 radical (unpaired) electrons. The fraction of sp³-hybridized carbons (Fsp3) is 0.333. The van der Waals surface area contributed by atoms with Crippen LogP contribution < -0.4 is 14.8 Å². The van der Waals surface area contributed by atoms with Crippen LogP contribution in [0.1, 0.15) is 50.5 Å². The quantitative estimate of drug-likeness (QED) is 0.0841. The van der Waals surface area contributed by atoms with E-state index in [9.17, 15) is 9.59 Å². The molecule has 1 atom stereocenters. The first-order chi connectivity index (χ1) is 24.8. The number of amides is 2. The Hall–Kier alpha value is -4.47. The number of hydrogen-bond donors (Lipinski definition) is 0. The third-order valence-corrected chi connectivity index (χ3v) is 11.4. The Morgan fingerprint density at radius 1 is 0.824 bits per heavy atom. The predicted octanol–water partition coefficient (Wildman–Crippen LogP) is 7.64. The first-order valence-corrected chi connectivity index (χ1v) is 19.3. The van der Waals surface area contributed by atoms with Gasteiger partial charge in [0.25, 0.3) is 5.91 Å². The average Bonchev–Trinajstić information content (AvgIpc) is 3.17. The third-order valence-electron chi connectivity index (χ3n) is 9.89. The molecule has 3 aliphatic rings. The molecule has 51 heavy (non-hydrogen) atoms. The maximum absolute atomic E-state index is 14.4. The van der Waals surface area contributed by atoms with Crippen LogP contribution in [0.3, 0.4) is 0 Å². The number of nitrogens with zero attached hydrogens (tertiary/aromatic N) is 4. The van der Waals surface area contributed by atoms with Crippen molar-refractivity contribution in [2.45, 2.75) is 39.9 Å². The zero-order valence-electron chi connectivity index (χ0n) is 30.2. The Kier molecular flexibility index (Phi) is 11.6. The number of carbonyl (C=O) groups excluding carboxylic acids is 2. The van der Waals surface area contributed by atoms with E-state index >= 15 is 0 Å². The first-order valence-electron chi connectivity index (χ1n) is 18.0. The van der Waals surface area contributed by atoms with Crippen LogP contribution in [0.25, 0.3) is 33.4 Å². The van der Waals surface area contributed by atoms with Crippen LogP contribution in [-0.2, 0) is 4.79 Å². The van der Waals surface area contributed by atoms with E-state index in [0.717, 1.165) is 76.2 Å². The van der Waals surface area contributed by atoms with E-state index in [2.05, 4.69) is 73.6 Å². The summed E-state index contributed by atoms with van der Waals surface area (Å²) in [6, 6.07) is 30.5. The van der Waals surface area contributed by atoms with Gasteiger partial charge in [0, 0.05) is 79.2 Å². The SMILES string of the molecule is CCN(CC)c1ccc2c(-c3ccccc3C(=O)N3CCN(C(=O)C(C)SC(=S)c4ccccc4)CC3)c3ccc(=[N+](CC)CC)cc-3oc2c1. The van der Waals surface area contributed by atoms with E-state index in [4.69, 9.17) is 16.6 Å². The Bertz CT molecular complexity index is 2080. The number of piperazine rings is 1. The standard InChI is InChI=1S/C42H47N4O3S2/c1-6-43(7-2)31-19-21-35-37(27-31)49-38-28-32(44(8-3)9-4)20-22-36(38)39(35)33-17-13-14-18-34(33)41(48)46-25-23-45(24-26-46)40(47)29(5)51-42(50)30-15-11-10-12-16-30/h10-22,27-29H,6-9,23-26H2,1-5H3/q+1. The van der Waals surface area contributed by atoms with Crippen molar-refractivity contribution in [1.29, 1.82) is 0 Å². The second-order valence-corrected chi connectivity index (χ2v) is 14.8. The molecule has 1 aliphatic carbocycles. The van der Waals surface area contributed by atoms with Crippen LogP contribution in [0.4, 0.5) is 5.69 Å². The van der Waals surface area contributed by atoms with Crippen molar-refractivity contribution in [3.8, 4) is 22.5 Å². The minimum absolute atomic E-state index is 0.0352. The van der Waals surface area contributed by atoms with Crippen LogP contribution >= 0.6 is 24.0 Å². The van der Waals surface area contributed by atoms with Gasteiger partial charge >= 0.3 is 0 Å². The topological polar surface area (TPSA) is 60.0 Å². The highest BCUT2D eigenvalue weighted by atomic mass is 32.2. The van der Waals surface area contributed by atoms with E-state index in [1.54, 1.807) is 0 Å². The predicted molar refractivity (Wildman–Crippen MR) is 216 cm³/mol. The monoisotopic (exact) mass is 719 g/mol. The van der Waals surface area contributed by atoms with Gasteiger partial charge in [0.05, 0.1) is 15.5 Å². The maximum atomic E-state index is 14.4. The van der Waals surface area contributed by atoms with Crippen LogP contribution in [0.2, 0.25) is 0 Å². The fourth-order valence-corrected chi connectivity index (χ4v) is 8.44. The van der Waals surface area contributed by atoms with Gasteiger partial charge in [-0.15, -0.1) is 11.8 Å². The summed E-state index contributed by atoms with van der Waals surface area (Å²) >= 11 is 7.04. The molecule has 0 saturated carbocycles. The highest BCUT2D eigenvalue weighted by Crippen LogP contribution is 2.42. The van der Waals surface area contributed by atoms with Gasteiger partial charge in [-0.05, 0) is 70.0 Å². The van der Waals surface area contributed by atoms with E-state index in [1.165, 1.54) is 11.8 Å². The number of carbonyl (C=O) groups is 2. The summed E-state index contributed by atoms with van der Waals surface area (Å²) in [5.41, 5.74) is 6.30. The van der Waals surface area contributed by atoms with Crippen LogP contribution in [0, 0.1) is 0 Å². The van der Waals surface area contributed by atoms with Crippen LogP contribution in [0.15, 0.2) is 95.4 Å². The number of thioether (sulfide) groups is 1. The summed E-state index contributed by atoms with van der Waals surface area (Å²) < 4.78 is 9.71. The number of benzene rings is 4. The van der Waals surface area contributed by atoms with E-state index in [0.29, 0.717) is 35.9 Å². The van der Waals surface area contributed by atoms with Gasteiger partial charge < -0.3 is 19.1 Å². The first kappa shape index (κ1) is 36.3. The lowest BCUT2D eigenvalue weighted by Crippen LogP contribution is -2.52. The van der Waals surface area contributed by atoms with Gasteiger partial charge in [-0.2, -0.15) is 0 Å². The second-order valence-electron chi connectivity index (χ2n) is 12.8. The molecular weight excluding hydrogens is 673 g/mol. The smallest absolute Gasteiger partial charge is 0.254 e. The highest BCUT2D eigenvalue weighted by Gasteiger charge is 2.30. The molecule has 6 rings (SSSR count). The molecule has 264 valence electrons. The van der Waals surface area contributed by atoms with Crippen molar-refractivity contribution in [3.05, 3.63) is 107 Å². The number of thiocarbonyl (C=S) groups is 1. The largest absolute Gasteiger partial charge is 0.456 e. The molecule has 3 aromatic rings. The van der Waals surface area contributed by atoms with Crippen molar-refractivity contribution in [3.63, 3.8) is 0 Å². The van der Waals surface area contributed by atoms with Crippen molar-refractivity contribution in [1.82, 2.24) is 14.4 Å². The molecule has 0 spiro atoms. The molecule has 3 aromatic carbocycles. The Balaban J connectivity index is 1.32. The Labute approximate surface area is 310 Å². The number of hydrogen-bond acceptors (Lipinski definition) is 6. The summed E-state index contributed by atoms with van der Waals surface area (Å²) in [5, 5.41) is 1.76. The van der Waals surface area contributed by atoms with Crippen molar-refractivity contribution in [2.75, 3.05) is 57.3 Å². The van der Waals surface area contributed by atoms with Crippen LogP contribution in [-0.4, -0.2) is 83.4 Å². The van der Waals surface area contributed by atoms with Crippen molar-refractivity contribution in [2.24, 2.45) is 0 Å². The second kappa shape index (κ2) is 16.3. The van der Waals surface area contributed by atoms with E-state index in [-0.39, 0.29) is 17.1 Å². The maximum Gasteiger partial charge on any atom is 0.254 e. The molecular formula is C42H47N4O3S2+. The Morgan fingerprint density at radius 3 is 2.18 bits per heavy atom. The van der Waals surface area contributed by atoms with Crippen LogP contribution in [0.5, 0.6) is 0 Å². The average molecular weight is 720 g/mol. The zero-order chi connectivity index (χ0) is 36.1. The fourth-order valence-electron chi connectivity index (χ4n) is 7.03. The molecule has 2 amide bonds. The summed E-state index contributed by atoms with van der Waals surface area (Å²) in [6.07, 6.45) is 0. The van der Waals surface area contributed by atoms with E-state index in [1.807, 2.05) is 71.3 Å². The van der Waals surface area contributed by atoms with Gasteiger partial charge in [-0.25, -0.2) is 4.58 Å². The molecule has 1 fully saturated rings. The molecule has 1 unspecified atom stereocenters. The minimum Gasteiger partial charge on any atom is -0.456 e. The summed E-state index contributed by atoms with van der Waals surface area (Å²) in [6.45, 7) is 16.0. The van der Waals surface area contributed by atoms with Gasteiger partial charge in [-0.1, -0.05) is 60.7 Å². The molecule has 2 heterocycles. The lowest BCUT2D eigenvalue weighted by Gasteiger charge is -2.36. The summed E-state index contributed by atoms with van der Waals surface area (Å²) in [5.74, 6) is 0.795. The van der Waals surface area contributed by atoms with Gasteiger partial charge in [0.15, 0.2) is 0 Å². The zero-order valence-corrected chi connectivity index (χ0v) is 31.9. The lowest BCUT2D eigenvalue weighted by atomic mass is 9.90. The molecule has 2 aliphatic heterocycles. The van der Waals surface area contributed by atoms with Crippen molar-refractivity contribution >= 4 is 56.6 Å². The normalized spacial score (nSPS) is 13.7. The molecule has 1 saturated heterocycles. The summed E-state index contributed by atoms with van der Waals surface area (Å²) in [4.78, 5) is 33.9. The molecule has 7 nitrogen and oxygen atoms in total. The van der Waals surface area contributed by atoms with Gasteiger partial charge in [-0.3, -0.25) is 9.59 Å². The summed E-state index contributed by atoms with van der Waals surface area (Å²) in [7, 11) is 0. The third kappa shape index (κ3) is 7.60. The Morgan fingerprint density at radius 2 is 1.49 bits per heavy atom. The lowest BCUT2D eigenvalue weighted by molar-refractivity contribution is -0.131. The van der Waals surface area contributed by atoms with E-state index < -0.39 is 0 Å². The number of anilines is 1.